The average molecular weight is 256 g/mol. The number of carbonyl (C=O) groups is 1. The minimum atomic E-state index is -0.594. The summed E-state index contributed by atoms with van der Waals surface area (Å²) >= 11 is 5.70. The quantitative estimate of drug-likeness (QED) is 0.473. The highest BCUT2D eigenvalue weighted by atomic mass is 35.5. The molecule has 0 spiro atoms. The zero-order valence-corrected chi connectivity index (χ0v) is 9.64. The zero-order chi connectivity index (χ0) is 12.4. The molecule has 0 bridgehead atoms. The molecule has 0 aromatic heterocycles. The summed E-state index contributed by atoms with van der Waals surface area (Å²) in [6.45, 7) is 0. The molecule has 1 aromatic rings. The maximum Gasteiger partial charge on any atom is 0.338 e. The van der Waals surface area contributed by atoms with Gasteiger partial charge >= 0.3 is 5.97 Å². The molecular formula is C11H10ClNO4. The van der Waals surface area contributed by atoms with E-state index >= 15 is 0 Å². The van der Waals surface area contributed by atoms with E-state index in [1.54, 1.807) is 0 Å². The molecule has 1 aliphatic carbocycles. The summed E-state index contributed by atoms with van der Waals surface area (Å²) in [4.78, 5) is 21.6. The van der Waals surface area contributed by atoms with Crippen LogP contribution in [-0.4, -0.2) is 17.0 Å². The van der Waals surface area contributed by atoms with Gasteiger partial charge in [-0.25, -0.2) is 4.79 Å². The van der Waals surface area contributed by atoms with Gasteiger partial charge in [0.15, 0.2) is 0 Å². The Morgan fingerprint density at radius 3 is 2.65 bits per heavy atom. The second-order valence-corrected chi connectivity index (χ2v) is 4.29. The highest BCUT2D eigenvalue weighted by Gasteiger charge is 2.23. The van der Waals surface area contributed by atoms with E-state index in [1.165, 1.54) is 18.2 Å². The van der Waals surface area contributed by atoms with Crippen molar-refractivity contribution < 1.29 is 14.5 Å². The van der Waals surface area contributed by atoms with E-state index in [9.17, 15) is 14.9 Å². The molecule has 1 saturated carbocycles. The van der Waals surface area contributed by atoms with Crippen molar-refractivity contribution in [3.05, 3.63) is 38.9 Å². The van der Waals surface area contributed by atoms with Gasteiger partial charge in [0, 0.05) is 6.07 Å². The number of hydrogen-bond acceptors (Lipinski definition) is 4. The predicted molar refractivity (Wildman–Crippen MR) is 61.2 cm³/mol. The second kappa shape index (κ2) is 4.71. The number of carbonyl (C=O) groups excluding carboxylic acids is 1. The summed E-state index contributed by atoms with van der Waals surface area (Å²) in [6.07, 6.45) is 2.81. The largest absolute Gasteiger partial charge is 0.459 e. The number of nitro benzene ring substituents is 1. The van der Waals surface area contributed by atoms with Crippen LogP contribution in [0.3, 0.4) is 0 Å². The SMILES string of the molecule is O=C(OC1CCC1)c1ccc([N+](=O)[O-])c(Cl)c1. The third-order valence-corrected chi connectivity index (χ3v) is 3.01. The van der Waals surface area contributed by atoms with Crippen LogP contribution in [0.15, 0.2) is 18.2 Å². The lowest BCUT2D eigenvalue weighted by Crippen LogP contribution is -2.25. The van der Waals surface area contributed by atoms with Crippen molar-refractivity contribution in [2.75, 3.05) is 0 Å². The van der Waals surface area contributed by atoms with Gasteiger partial charge in [-0.05, 0) is 31.4 Å². The zero-order valence-electron chi connectivity index (χ0n) is 8.89. The molecule has 1 fully saturated rings. The number of nitrogens with zero attached hydrogens (tertiary/aromatic N) is 1. The van der Waals surface area contributed by atoms with Gasteiger partial charge in [-0.2, -0.15) is 0 Å². The van der Waals surface area contributed by atoms with E-state index in [0.717, 1.165) is 19.3 Å². The monoisotopic (exact) mass is 255 g/mol. The summed E-state index contributed by atoms with van der Waals surface area (Å²) < 4.78 is 5.16. The Bertz CT molecular complexity index is 471. The topological polar surface area (TPSA) is 69.4 Å². The van der Waals surface area contributed by atoms with Crippen LogP contribution in [-0.2, 0) is 4.74 Å². The summed E-state index contributed by atoms with van der Waals surface area (Å²) in [5, 5.41) is 10.5. The van der Waals surface area contributed by atoms with Crippen molar-refractivity contribution in [1.82, 2.24) is 0 Å². The Morgan fingerprint density at radius 2 is 2.18 bits per heavy atom. The highest BCUT2D eigenvalue weighted by Crippen LogP contribution is 2.27. The molecule has 0 heterocycles. The van der Waals surface area contributed by atoms with Gasteiger partial charge < -0.3 is 4.74 Å². The summed E-state index contributed by atoms with van der Waals surface area (Å²) in [6, 6.07) is 3.82. The molecular weight excluding hydrogens is 246 g/mol. The van der Waals surface area contributed by atoms with Crippen molar-refractivity contribution in [3.63, 3.8) is 0 Å². The maximum absolute atomic E-state index is 11.6. The fourth-order valence-corrected chi connectivity index (χ4v) is 1.74. The van der Waals surface area contributed by atoms with E-state index in [-0.39, 0.29) is 22.4 Å². The van der Waals surface area contributed by atoms with E-state index in [4.69, 9.17) is 16.3 Å². The first-order valence-electron chi connectivity index (χ1n) is 5.23. The molecule has 0 unspecified atom stereocenters. The number of nitro groups is 1. The Labute approximate surface area is 102 Å². The van der Waals surface area contributed by atoms with Gasteiger partial charge in [-0.3, -0.25) is 10.1 Å². The first kappa shape index (κ1) is 11.9. The molecule has 1 aromatic carbocycles. The number of esters is 1. The van der Waals surface area contributed by atoms with Crippen molar-refractivity contribution in [2.24, 2.45) is 0 Å². The maximum atomic E-state index is 11.6. The van der Waals surface area contributed by atoms with Crippen LogP contribution in [0.2, 0.25) is 5.02 Å². The third kappa shape index (κ3) is 2.55. The molecule has 6 heteroatoms. The molecule has 5 nitrogen and oxygen atoms in total. The van der Waals surface area contributed by atoms with Gasteiger partial charge in [0.25, 0.3) is 5.69 Å². The lowest BCUT2D eigenvalue weighted by atomic mass is 9.96. The van der Waals surface area contributed by atoms with Crippen molar-refractivity contribution >= 4 is 23.3 Å². The van der Waals surface area contributed by atoms with Crippen LogP contribution in [0.4, 0.5) is 5.69 Å². The van der Waals surface area contributed by atoms with Crippen LogP contribution in [0.25, 0.3) is 0 Å². The fourth-order valence-electron chi connectivity index (χ4n) is 1.49. The Morgan fingerprint density at radius 1 is 1.47 bits per heavy atom. The number of ether oxygens (including phenoxy) is 1. The lowest BCUT2D eigenvalue weighted by Gasteiger charge is -2.25. The van der Waals surface area contributed by atoms with Crippen LogP contribution in [0.5, 0.6) is 0 Å². The minimum Gasteiger partial charge on any atom is -0.459 e. The Kier molecular flexibility index (Phi) is 3.28. The predicted octanol–water partition coefficient (Wildman–Crippen LogP) is 2.96. The summed E-state index contributed by atoms with van der Waals surface area (Å²) in [5.74, 6) is -0.480. The van der Waals surface area contributed by atoms with Crippen molar-refractivity contribution in [1.29, 1.82) is 0 Å². The molecule has 0 atom stereocenters. The number of rotatable bonds is 3. The van der Waals surface area contributed by atoms with Crippen LogP contribution < -0.4 is 0 Å². The average Bonchev–Trinajstić information content (AvgIpc) is 2.22. The molecule has 0 amide bonds. The smallest absolute Gasteiger partial charge is 0.338 e. The Balaban J connectivity index is 2.13. The second-order valence-electron chi connectivity index (χ2n) is 3.88. The van der Waals surface area contributed by atoms with Crippen LogP contribution in [0, 0.1) is 10.1 Å². The van der Waals surface area contributed by atoms with Crippen molar-refractivity contribution in [2.45, 2.75) is 25.4 Å². The minimum absolute atomic E-state index is 0.0172. The lowest BCUT2D eigenvalue weighted by molar-refractivity contribution is -0.384. The molecule has 0 saturated heterocycles. The van der Waals surface area contributed by atoms with Gasteiger partial charge in [0.05, 0.1) is 10.5 Å². The first-order chi connectivity index (χ1) is 8.08. The number of benzene rings is 1. The standard InChI is InChI=1S/C11H10ClNO4/c12-9-6-7(4-5-10(9)13(15)16)11(14)17-8-2-1-3-8/h4-6,8H,1-3H2. The molecule has 2 rings (SSSR count). The van der Waals surface area contributed by atoms with Crippen LogP contribution >= 0.6 is 11.6 Å². The van der Waals surface area contributed by atoms with Gasteiger partial charge in [0.2, 0.25) is 0 Å². The Hall–Kier alpha value is -1.62. The van der Waals surface area contributed by atoms with E-state index in [1.807, 2.05) is 0 Å². The fraction of sp³-hybridized carbons (Fsp3) is 0.364. The third-order valence-electron chi connectivity index (χ3n) is 2.71. The van der Waals surface area contributed by atoms with Crippen LogP contribution in [0.1, 0.15) is 29.6 Å². The highest BCUT2D eigenvalue weighted by molar-refractivity contribution is 6.33. The van der Waals surface area contributed by atoms with E-state index in [2.05, 4.69) is 0 Å². The summed E-state index contributed by atoms with van der Waals surface area (Å²) in [5.41, 5.74) is 0.0272. The van der Waals surface area contributed by atoms with E-state index < -0.39 is 10.9 Å². The molecule has 1 aliphatic rings. The first-order valence-corrected chi connectivity index (χ1v) is 5.60. The normalized spacial score (nSPS) is 15.1. The number of halogens is 1. The summed E-state index contributed by atoms with van der Waals surface area (Å²) in [7, 11) is 0. The molecule has 0 N–H and O–H groups in total. The van der Waals surface area contributed by atoms with Gasteiger partial charge in [-0.15, -0.1) is 0 Å². The molecule has 0 radical (unpaired) electrons. The molecule has 90 valence electrons. The van der Waals surface area contributed by atoms with E-state index in [0.29, 0.717) is 0 Å². The van der Waals surface area contributed by atoms with Gasteiger partial charge in [0.1, 0.15) is 11.1 Å². The number of hydrogen-bond donors (Lipinski definition) is 0. The molecule has 0 aliphatic heterocycles. The van der Waals surface area contributed by atoms with Crippen molar-refractivity contribution in [3.8, 4) is 0 Å². The van der Waals surface area contributed by atoms with Gasteiger partial charge in [-0.1, -0.05) is 11.6 Å². The molecule has 17 heavy (non-hydrogen) atoms.